The van der Waals surface area contributed by atoms with E-state index in [0.717, 1.165) is 11.3 Å². The fourth-order valence-corrected chi connectivity index (χ4v) is 2.23. The molecule has 2 rings (SSSR count). The van der Waals surface area contributed by atoms with Gasteiger partial charge in [0.1, 0.15) is 11.6 Å². The van der Waals surface area contributed by atoms with E-state index < -0.39 is 5.82 Å². The van der Waals surface area contributed by atoms with Gasteiger partial charge in [-0.2, -0.15) is 0 Å². The van der Waals surface area contributed by atoms with Gasteiger partial charge in [0, 0.05) is 18.7 Å². The molecule has 0 saturated carbocycles. The molecule has 0 heterocycles. The van der Waals surface area contributed by atoms with Crippen LogP contribution in [0.25, 0.3) is 0 Å². The molecule has 2 aromatic rings. The quantitative estimate of drug-likeness (QED) is 0.722. The molecule has 0 aliphatic carbocycles. The maximum Gasteiger partial charge on any atom is 0.251 e. The molecule has 0 aliphatic heterocycles. The van der Waals surface area contributed by atoms with Crippen LogP contribution in [0.4, 0.5) is 4.39 Å². The molecule has 6 heteroatoms. The van der Waals surface area contributed by atoms with Crippen LogP contribution in [-0.4, -0.2) is 31.5 Å². The average molecular weight is 344 g/mol. The second-order valence-corrected chi connectivity index (χ2v) is 5.37. The van der Waals surface area contributed by atoms with Crippen molar-refractivity contribution in [2.75, 3.05) is 19.7 Å². The predicted molar refractivity (Wildman–Crippen MR) is 93.1 cm³/mol. The third kappa shape index (κ3) is 6.25. The van der Waals surface area contributed by atoms with Gasteiger partial charge in [-0.15, -0.1) is 0 Å². The molecule has 0 radical (unpaired) electrons. The molecule has 2 amide bonds. The first-order valence-electron chi connectivity index (χ1n) is 8.10. The Balaban J connectivity index is 1.69. The Morgan fingerprint density at radius 3 is 2.44 bits per heavy atom. The van der Waals surface area contributed by atoms with Crippen LogP contribution >= 0.6 is 0 Å². The van der Waals surface area contributed by atoms with Gasteiger partial charge in [0.25, 0.3) is 5.91 Å². The molecule has 0 unspecified atom stereocenters. The molecule has 25 heavy (non-hydrogen) atoms. The van der Waals surface area contributed by atoms with Crippen LogP contribution in [-0.2, 0) is 11.2 Å². The molecule has 0 bridgehead atoms. The lowest BCUT2D eigenvalue weighted by Crippen LogP contribution is -2.35. The highest BCUT2D eigenvalue weighted by Crippen LogP contribution is 2.12. The number of hydrogen-bond donors (Lipinski definition) is 2. The van der Waals surface area contributed by atoms with E-state index in [2.05, 4.69) is 10.6 Å². The summed E-state index contributed by atoms with van der Waals surface area (Å²) >= 11 is 0. The molecule has 0 atom stereocenters. The predicted octanol–water partition coefficient (Wildman–Crippen LogP) is 2.31. The van der Waals surface area contributed by atoms with E-state index in [-0.39, 0.29) is 30.3 Å². The van der Waals surface area contributed by atoms with E-state index >= 15 is 0 Å². The zero-order valence-electron chi connectivity index (χ0n) is 14.0. The first kappa shape index (κ1) is 18.4. The maximum atomic E-state index is 13.1. The van der Waals surface area contributed by atoms with Crippen LogP contribution in [0.1, 0.15) is 22.8 Å². The zero-order chi connectivity index (χ0) is 18.1. The number of amides is 2. The Bertz CT molecular complexity index is 717. The number of ether oxygens (including phenoxy) is 1. The number of carbonyl (C=O) groups excluding carboxylic acids is 2. The SMILES string of the molecule is CCOc1ccc(CC(=O)NCCNC(=O)c2cccc(F)c2)cc1. The van der Waals surface area contributed by atoms with Gasteiger partial charge in [-0.25, -0.2) is 4.39 Å². The van der Waals surface area contributed by atoms with Gasteiger partial charge in [0.2, 0.25) is 5.91 Å². The largest absolute Gasteiger partial charge is 0.494 e. The Labute approximate surface area is 146 Å². The lowest BCUT2D eigenvalue weighted by Gasteiger charge is -2.08. The van der Waals surface area contributed by atoms with E-state index in [0.29, 0.717) is 13.2 Å². The average Bonchev–Trinajstić information content (AvgIpc) is 2.60. The fourth-order valence-electron chi connectivity index (χ4n) is 2.23. The normalized spacial score (nSPS) is 10.2. The second kappa shape index (κ2) is 9.42. The topological polar surface area (TPSA) is 67.4 Å². The van der Waals surface area contributed by atoms with Crippen LogP contribution in [0.3, 0.4) is 0 Å². The van der Waals surface area contributed by atoms with Crippen molar-refractivity contribution in [3.05, 3.63) is 65.5 Å². The molecule has 0 spiro atoms. The standard InChI is InChI=1S/C19H21FN2O3/c1-2-25-17-8-6-14(7-9-17)12-18(23)21-10-11-22-19(24)15-4-3-5-16(20)13-15/h3-9,13H,2,10-12H2,1H3,(H,21,23)(H,22,24). The van der Waals surface area contributed by atoms with Crippen molar-refractivity contribution in [2.45, 2.75) is 13.3 Å². The molecular weight excluding hydrogens is 323 g/mol. The van der Waals surface area contributed by atoms with E-state index in [1.165, 1.54) is 24.3 Å². The van der Waals surface area contributed by atoms with Crippen LogP contribution in [0.2, 0.25) is 0 Å². The summed E-state index contributed by atoms with van der Waals surface area (Å²) in [5.41, 5.74) is 1.13. The minimum atomic E-state index is -0.462. The van der Waals surface area contributed by atoms with Gasteiger partial charge in [0.05, 0.1) is 13.0 Å². The summed E-state index contributed by atoms with van der Waals surface area (Å²) in [6.07, 6.45) is 0.254. The monoisotopic (exact) mass is 344 g/mol. The van der Waals surface area contributed by atoms with Crippen molar-refractivity contribution in [1.82, 2.24) is 10.6 Å². The van der Waals surface area contributed by atoms with Crippen LogP contribution in [0, 0.1) is 5.82 Å². The molecule has 2 N–H and O–H groups in total. The molecule has 0 aromatic heterocycles. The number of halogens is 1. The Morgan fingerprint density at radius 1 is 1.04 bits per heavy atom. The number of rotatable bonds is 8. The molecular formula is C19H21FN2O3. The van der Waals surface area contributed by atoms with Crippen LogP contribution in [0.15, 0.2) is 48.5 Å². The van der Waals surface area contributed by atoms with Gasteiger partial charge in [-0.1, -0.05) is 18.2 Å². The minimum absolute atomic E-state index is 0.135. The molecule has 132 valence electrons. The third-order valence-electron chi connectivity index (χ3n) is 3.42. The van der Waals surface area contributed by atoms with Crippen molar-refractivity contribution in [3.8, 4) is 5.75 Å². The van der Waals surface area contributed by atoms with Crippen molar-refractivity contribution in [2.24, 2.45) is 0 Å². The summed E-state index contributed by atoms with van der Waals surface area (Å²) < 4.78 is 18.4. The zero-order valence-corrected chi connectivity index (χ0v) is 14.0. The highest BCUT2D eigenvalue weighted by atomic mass is 19.1. The van der Waals surface area contributed by atoms with Crippen molar-refractivity contribution in [3.63, 3.8) is 0 Å². The summed E-state index contributed by atoms with van der Waals surface area (Å²) in [4.78, 5) is 23.7. The second-order valence-electron chi connectivity index (χ2n) is 5.37. The summed E-state index contributed by atoms with van der Waals surface area (Å²) in [6, 6.07) is 12.8. The Hall–Kier alpha value is -2.89. The van der Waals surface area contributed by atoms with E-state index in [4.69, 9.17) is 4.74 Å². The molecule has 0 saturated heterocycles. The summed E-state index contributed by atoms with van der Waals surface area (Å²) in [7, 11) is 0. The highest BCUT2D eigenvalue weighted by Gasteiger charge is 2.07. The van der Waals surface area contributed by atoms with E-state index in [9.17, 15) is 14.0 Å². The Morgan fingerprint density at radius 2 is 1.76 bits per heavy atom. The minimum Gasteiger partial charge on any atom is -0.494 e. The van der Waals surface area contributed by atoms with Gasteiger partial charge in [-0.3, -0.25) is 9.59 Å². The molecule has 0 fully saturated rings. The first-order valence-corrected chi connectivity index (χ1v) is 8.10. The highest BCUT2D eigenvalue weighted by molar-refractivity contribution is 5.94. The molecule has 2 aromatic carbocycles. The molecule has 0 aliphatic rings. The number of hydrogen-bond acceptors (Lipinski definition) is 3. The number of carbonyl (C=O) groups is 2. The van der Waals surface area contributed by atoms with E-state index in [1.54, 1.807) is 0 Å². The van der Waals surface area contributed by atoms with Gasteiger partial charge in [-0.05, 0) is 42.8 Å². The number of benzene rings is 2. The van der Waals surface area contributed by atoms with Crippen LogP contribution < -0.4 is 15.4 Å². The Kier molecular flexibility index (Phi) is 6.95. The fraction of sp³-hybridized carbons (Fsp3) is 0.263. The van der Waals surface area contributed by atoms with Crippen LogP contribution in [0.5, 0.6) is 5.75 Å². The van der Waals surface area contributed by atoms with Crippen molar-refractivity contribution in [1.29, 1.82) is 0 Å². The summed E-state index contributed by atoms with van der Waals surface area (Å²) in [5, 5.41) is 5.36. The lowest BCUT2D eigenvalue weighted by atomic mass is 10.1. The van der Waals surface area contributed by atoms with E-state index in [1.807, 2.05) is 31.2 Å². The summed E-state index contributed by atoms with van der Waals surface area (Å²) in [6.45, 7) is 3.08. The lowest BCUT2D eigenvalue weighted by molar-refractivity contribution is -0.120. The smallest absolute Gasteiger partial charge is 0.251 e. The first-order chi connectivity index (χ1) is 12.1. The van der Waals surface area contributed by atoms with Gasteiger partial charge < -0.3 is 15.4 Å². The number of nitrogens with one attached hydrogen (secondary N) is 2. The van der Waals surface area contributed by atoms with Gasteiger partial charge in [0.15, 0.2) is 0 Å². The van der Waals surface area contributed by atoms with Crippen molar-refractivity contribution >= 4 is 11.8 Å². The van der Waals surface area contributed by atoms with Crippen molar-refractivity contribution < 1.29 is 18.7 Å². The molecule has 5 nitrogen and oxygen atoms in total. The van der Waals surface area contributed by atoms with Gasteiger partial charge >= 0.3 is 0 Å². The third-order valence-corrected chi connectivity index (χ3v) is 3.42. The summed E-state index contributed by atoms with van der Waals surface area (Å²) in [5.74, 6) is -0.201. The maximum absolute atomic E-state index is 13.1.